The summed E-state index contributed by atoms with van der Waals surface area (Å²) in [6.45, 7) is 9.37. The molecule has 13 heteroatoms. The number of carbonyl (C=O) groups is 2. The van der Waals surface area contributed by atoms with Gasteiger partial charge < -0.3 is 46.0 Å². The fraction of sp³-hybridized carbons (Fsp3) is 0.926. The topological polar surface area (TPSA) is 187 Å². The molecule has 4 atom stereocenters. The Hall–Kier alpha value is -1.21. The van der Waals surface area contributed by atoms with Gasteiger partial charge in [-0.15, -0.1) is 0 Å². The highest BCUT2D eigenvalue weighted by molar-refractivity contribution is 6.45. The maximum atomic E-state index is 12.2. The van der Waals surface area contributed by atoms with Crippen molar-refractivity contribution in [1.82, 2.24) is 5.32 Å². The van der Waals surface area contributed by atoms with Gasteiger partial charge in [-0.05, 0) is 90.8 Å². The van der Waals surface area contributed by atoms with Gasteiger partial charge in [-0.2, -0.15) is 0 Å². The van der Waals surface area contributed by atoms with Gasteiger partial charge in [-0.25, -0.2) is 0 Å². The van der Waals surface area contributed by atoms with Crippen LogP contribution in [0.15, 0.2) is 0 Å². The van der Waals surface area contributed by atoms with E-state index in [1.165, 1.54) is 7.11 Å². The summed E-state index contributed by atoms with van der Waals surface area (Å²) < 4.78 is 17.1. The average Bonchev–Trinajstić information content (AvgIpc) is 3.53. The number of hydrogen-bond donors (Lipinski definition) is 6. The van der Waals surface area contributed by atoms with Crippen LogP contribution in [0.4, 0.5) is 0 Å². The van der Waals surface area contributed by atoms with Crippen LogP contribution in [0.5, 0.6) is 0 Å². The Labute approximate surface area is 241 Å². The Morgan fingerprint density at radius 2 is 1.62 bits per heavy atom. The van der Waals surface area contributed by atoms with Gasteiger partial charge in [0.2, 0.25) is 0 Å². The van der Waals surface area contributed by atoms with Crippen molar-refractivity contribution in [1.29, 1.82) is 0 Å². The normalized spacial score (nSPS) is 30.3. The Bertz CT molecular complexity index is 803. The van der Waals surface area contributed by atoms with E-state index in [-0.39, 0.29) is 50.5 Å². The van der Waals surface area contributed by atoms with E-state index in [2.05, 4.69) is 33.0 Å². The fourth-order valence-electron chi connectivity index (χ4n) is 6.38. The molecule has 0 radical (unpaired) electrons. The molecule has 0 amide bonds. The lowest BCUT2D eigenvalue weighted by Crippen LogP contribution is -2.57. The van der Waals surface area contributed by atoms with E-state index in [1.54, 1.807) is 0 Å². The number of esters is 1. The maximum absolute atomic E-state index is 12.2. The van der Waals surface area contributed by atoms with E-state index >= 15 is 0 Å². The SMILES string of the molecule is C.COC(=O)[C@@]1(CN)CCC[C@H]1CCCB1OC(C)(C)C(C)(C)O1.NC[C@]1(C(=O)O)NCC[C@H]1CCCB(O)O. The van der Waals surface area contributed by atoms with Crippen LogP contribution in [0.25, 0.3) is 0 Å². The number of ether oxygens (including phenoxy) is 1. The van der Waals surface area contributed by atoms with E-state index in [4.69, 9.17) is 35.6 Å². The zero-order chi connectivity index (χ0) is 29.5. The summed E-state index contributed by atoms with van der Waals surface area (Å²) in [7, 11) is -0.0160. The molecule has 1 saturated carbocycles. The molecule has 1 aliphatic carbocycles. The van der Waals surface area contributed by atoms with E-state index in [0.29, 0.717) is 31.8 Å². The molecule has 2 aliphatic heterocycles. The molecule has 2 saturated heterocycles. The summed E-state index contributed by atoms with van der Waals surface area (Å²) in [5, 5.41) is 29.6. The minimum atomic E-state index is -1.31. The third-order valence-corrected chi connectivity index (χ3v) is 9.56. The van der Waals surface area contributed by atoms with E-state index in [1.807, 2.05) is 0 Å². The van der Waals surface area contributed by atoms with Crippen LogP contribution in [0, 0.1) is 17.3 Å². The zero-order valence-corrected chi connectivity index (χ0v) is 24.5. The maximum Gasteiger partial charge on any atom is 0.457 e. The second-order valence-electron chi connectivity index (χ2n) is 12.4. The monoisotopic (exact) mass is 571 g/mol. The van der Waals surface area contributed by atoms with Crippen LogP contribution in [-0.4, -0.2) is 84.8 Å². The number of aliphatic carboxylic acids is 1. The molecule has 8 N–H and O–H groups in total. The van der Waals surface area contributed by atoms with Crippen molar-refractivity contribution in [2.24, 2.45) is 28.7 Å². The first-order chi connectivity index (χ1) is 18.2. The molecule has 2 heterocycles. The van der Waals surface area contributed by atoms with E-state index in [0.717, 1.165) is 44.8 Å². The number of carbonyl (C=O) groups excluding carboxylic acids is 1. The number of rotatable bonds is 12. The lowest BCUT2D eigenvalue weighted by molar-refractivity contribution is -0.154. The van der Waals surface area contributed by atoms with Gasteiger partial charge >= 0.3 is 26.2 Å². The Morgan fingerprint density at radius 1 is 1.02 bits per heavy atom. The van der Waals surface area contributed by atoms with E-state index in [9.17, 15) is 14.7 Å². The average molecular weight is 571 g/mol. The Morgan fingerprint density at radius 3 is 2.12 bits per heavy atom. The van der Waals surface area contributed by atoms with Crippen molar-refractivity contribution >= 4 is 26.2 Å². The highest BCUT2D eigenvalue weighted by Crippen LogP contribution is 2.46. The second kappa shape index (κ2) is 15.3. The molecule has 232 valence electrons. The third-order valence-electron chi connectivity index (χ3n) is 9.56. The summed E-state index contributed by atoms with van der Waals surface area (Å²) in [4.78, 5) is 23.4. The molecular formula is C27H55B2N3O8. The summed E-state index contributed by atoms with van der Waals surface area (Å²) in [5.74, 6) is -0.781. The zero-order valence-electron chi connectivity index (χ0n) is 24.5. The van der Waals surface area contributed by atoms with Crippen molar-refractivity contribution in [3.05, 3.63) is 0 Å². The highest BCUT2D eigenvalue weighted by atomic mass is 16.7. The lowest BCUT2D eigenvalue weighted by atomic mass is 9.73. The highest BCUT2D eigenvalue weighted by Gasteiger charge is 2.52. The first-order valence-corrected chi connectivity index (χ1v) is 14.4. The predicted octanol–water partition coefficient (Wildman–Crippen LogP) is 2.04. The van der Waals surface area contributed by atoms with Crippen LogP contribution in [0.1, 0.15) is 86.5 Å². The number of nitrogens with two attached hydrogens (primary N) is 2. The smallest absolute Gasteiger partial charge is 0.457 e. The molecule has 0 aromatic carbocycles. The minimum Gasteiger partial charge on any atom is -0.480 e. The van der Waals surface area contributed by atoms with Crippen LogP contribution < -0.4 is 16.8 Å². The first-order valence-electron chi connectivity index (χ1n) is 14.4. The molecule has 3 rings (SSSR count). The summed E-state index contributed by atoms with van der Waals surface area (Å²) in [6, 6.07) is 0. The first kappa shape index (κ1) is 36.8. The number of carboxylic acids is 1. The van der Waals surface area contributed by atoms with Gasteiger partial charge in [0, 0.05) is 13.1 Å². The summed E-state index contributed by atoms with van der Waals surface area (Å²) >= 11 is 0. The van der Waals surface area contributed by atoms with Crippen LogP contribution in [0.2, 0.25) is 12.6 Å². The minimum absolute atomic E-state index is 0. The molecule has 0 aromatic heterocycles. The molecule has 3 fully saturated rings. The Kier molecular flexibility index (Phi) is 14.1. The molecule has 0 bridgehead atoms. The van der Waals surface area contributed by atoms with E-state index < -0.39 is 24.0 Å². The number of methoxy groups -OCH3 is 1. The van der Waals surface area contributed by atoms with Crippen molar-refractivity contribution in [3.8, 4) is 0 Å². The van der Waals surface area contributed by atoms with Gasteiger partial charge in [0.15, 0.2) is 0 Å². The lowest BCUT2D eigenvalue weighted by Gasteiger charge is -2.32. The molecule has 0 aromatic rings. The second-order valence-corrected chi connectivity index (χ2v) is 12.4. The Balaban J connectivity index is 0.000000416. The van der Waals surface area contributed by atoms with Gasteiger partial charge in [0.05, 0.1) is 23.7 Å². The predicted molar refractivity (Wildman–Crippen MR) is 157 cm³/mol. The van der Waals surface area contributed by atoms with Gasteiger partial charge in [0.25, 0.3) is 0 Å². The summed E-state index contributed by atoms with van der Waals surface area (Å²) in [6.07, 6.45) is 8.03. The number of carboxylic acid groups (broad SMARTS) is 1. The third kappa shape index (κ3) is 8.20. The van der Waals surface area contributed by atoms with Crippen LogP contribution in [0.3, 0.4) is 0 Å². The summed E-state index contributed by atoms with van der Waals surface area (Å²) in [5.41, 5.74) is 9.43. The van der Waals surface area contributed by atoms with Crippen LogP contribution in [-0.2, 0) is 23.6 Å². The quantitative estimate of drug-likeness (QED) is 0.149. The fourth-order valence-corrected chi connectivity index (χ4v) is 6.38. The molecule has 0 spiro atoms. The van der Waals surface area contributed by atoms with Gasteiger partial charge in [-0.3, -0.25) is 9.59 Å². The van der Waals surface area contributed by atoms with Crippen molar-refractivity contribution in [2.75, 3.05) is 26.7 Å². The van der Waals surface area contributed by atoms with Crippen molar-refractivity contribution in [2.45, 2.75) is 116 Å². The van der Waals surface area contributed by atoms with Gasteiger partial charge in [-0.1, -0.05) is 26.7 Å². The molecule has 3 aliphatic rings. The standard InChI is InChI=1S/C17H32BNO4.C9H19BN2O4.CH4/c1-15(2)16(3,4)23-18(22-15)11-7-9-13-8-6-10-17(13,12-19)14(20)21-5;11-6-9(8(13)14)7(3-5-12-9)2-1-4-10(15)16;/h13H,6-12,19H2,1-5H3;7,12,15-16H,1-6,11H2,(H,13,14);1H4/t13-,17+;7-,9+;/m01./s1. The molecule has 11 nitrogen and oxygen atoms in total. The van der Waals surface area contributed by atoms with Crippen LogP contribution >= 0.6 is 0 Å². The molecule has 40 heavy (non-hydrogen) atoms. The van der Waals surface area contributed by atoms with Gasteiger partial charge in [0.1, 0.15) is 5.54 Å². The molecule has 0 unspecified atom stereocenters. The molecular weight excluding hydrogens is 516 g/mol. The van der Waals surface area contributed by atoms with Crippen molar-refractivity contribution < 1.29 is 38.8 Å². The van der Waals surface area contributed by atoms with Crippen molar-refractivity contribution in [3.63, 3.8) is 0 Å². The number of hydrogen-bond acceptors (Lipinski definition) is 10. The number of nitrogens with one attached hydrogen (secondary N) is 1. The largest absolute Gasteiger partial charge is 0.480 e.